The molecule has 1 N–H and O–H groups in total. The maximum atomic E-state index is 12.1. The van der Waals surface area contributed by atoms with Crippen molar-refractivity contribution in [2.75, 3.05) is 0 Å². The van der Waals surface area contributed by atoms with Gasteiger partial charge in [0, 0.05) is 28.8 Å². The van der Waals surface area contributed by atoms with Crippen LogP contribution in [0.5, 0.6) is 0 Å². The average molecular weight is 306 g/mol. The molecule has 3 rings (SSSR count). The molecule has 0 bridgehead atoms. The number of imidazole rings is 1. The predicted molar refractivity (Wildman–Crippen MR) is 80.4 cm³/mol. The Morgan fingerprint density at radius 3 is 2.95 bits per heavy atom. The van der Waals surface area contributed by atoms with Gasteiger partial charge in [0.05, 0.1) is 0 Å². The van der Waals surface area contributed by atoms with Gasteiger partial charge in [-0.05, 0) is 18.6 Å². The van der Waals surface area contributed by atoms with Crippen LogP contribution < -0.4 is 5.32 Å². The van der Waals surface area contributed by atoms with Gasteiger partial charge in [0.25, 0.3) is 5.91 Å². The normalized spacial score (nSPS) is 10.9. The summed E-state index contributed by atoms with van der Waals surface area (Å²) < 4.78 is 1.87. The fraction of sp³-hybridized carbons (Fsp3) is 0.143. The van der Waals surface area contributed by atoms with Gasteiger partial charge in [-0.25, -0.2) is 4.98 Å². The number of hydrogen-bond acceptors (Lipinski definition) is 3. The Balaban J connectivity index is 1.73. The van der Waals surface area contributed by atoms with E-state index in [4.69, 9.17) is 11.6 Å². The fourth-order valence-corrected chi connectivity index (χ4v) is 2.94. The minimum Gasteiger partial charge on any atom is -0.347 e. The number of hydrogen-bond donors (Lipinski definition) is 1. The van der Waals surface area contributed by atoms with Crippen LogP contribution in [0.1, 0.15) is 20.9 Å². The van der Waals surface area contributed by atoms with Crippen molar-refractivity contribution in [2.24, 2.45) is 0 Å². The fourth-order valence-electron chi connectivity index (χ4n) is 1.93. The van der Waals surface area contributed by atoms with Crippen molar-refractivity contribution in [3.63, 3.8) is 0 Å². The number of nitrogens with zero attached hydrogens (tertiary/aromatic N) is 2. The Labute approximate surface area is 125 Å². The summed E-state index contributed by atoms with van der Waals surface area (Å²) in [6.07, 6.45) is 3.69. The lowest BCUT2D eigenvalue weighted by Crippen LogP contribution is -2.23. The number of fused-ring (bicyclic) bond motifs is 1. The SMILES string of the molecule is Cc1cn2cc(C(=O)NCc3ccccc3Cl)nc2s1. The molecular formula is C14H12ClN3OS. The molecule has 2 heterocycles. The van der Waals surface area contributed by atoms with E-state index in [2.05, 4.69) is 10.3 Å². The van der Waals surface area contributed by atoms with Crippen molar-refractivity contribution in [3.05, 3.63) is 57.8 Å². The van der Waals surface area contributed by atoms with E-state index < -0.39 is 0 Å². The lowest BCUT2D eigenvalue weighted by molar-refractivity contribution is 0.0946. The Morgan fingerprint density at radius 1 is 1.40 bits per heavy atom. The van der Waals surface area contributed by atoms with Crippen LogP contribution in [0.15, 0.2) is 36.7 Å². The summed E-state index contributed by atoms with van der Waals surface area (Å²) in [6, 6.07) is 7.44. The monoisotopic (exact) mass is 305 g/mol. The van der Waals surface area contributed by atoms with Crippen molar-refractivity contribution in [3.8, 4) is 0 Å². The molecule has 102 valence electrons. The second kappa shape index (κ2) is 5.26. The van der Waals surface area contributed by atoms with E-state index in [1.54, 1.807) is 23.6 Å². The van der Waals surface area contributed by atoms with Crippen molar-refractivity contribution in [2.45, 2.75) is 13.5 Å². The van der Waals surface area contributed by atoms with Crippen LogP contribution in [-0.2, 0) is 6.54 Å². The van der Waals surface area contributed by atoms with E-state index >= 15 is 0 Å². The van der Waals surface area contributed by atoms with Crippen molar-refractivity contribution in [1.82, 2.24) is 14.7 Å². The molecule has 0 aliphatic heterocycles. The maximum Gasteiger partial charge on any atom is 0.271 e. The molecule has 2 aromatic heterocycles. The number of nitrogens with one attached hydrogen (secondary N) is 1. The zero-order valence-corrected chi connectivity index (χ0v) is 12.3. The van der Waals surface area contributed by atoms with Gasteiger partial charge in [0.2, 0.25) is 0 Å². The quantitative estimate of drug-likeness (QED) is 0.807. The zero-order valence-electron chi connectivity index (χ0n) is 10.8. The lowest BCUT2D eigenvalue weighted by Gasteiger charge is -2.05. The number of amides is 1. The summed E-state index contributed by atoms with van der Waals surface area (Å²) in [6.45, 7) is 2.40. The van der Waals surface area contributed by atoms with Crippen LogP contribution in [0.4, 0.5) is 0 Å². The molecule has 3 aromatic rings. The first-order valence-electron chi connectivity index (χ1n) is 6.10. The second-order valence-corrected chi connectivity index (χ2v) is 6.05. The molecule has 0 aliphatic rings. The maximum absolute atomic E-state index is 12.1. The summed E-state index contributed by atoms with van der Waals surface area (Å²) in [5.41, 5.74) is 1.31. The van der Waals surface area contributed by atoms with Crippen LogP contribution in [0.3, 0.4) is 0 Å². The van der Waals surface area contributed by atoms with Gasteiger partial charge in [-0.1, -0.05) is 29.8 Å². The molecule has 0 fully saturated rings. The number of aryl methyl sites for hydroxylation is 1. The van der Waals surface area contributed by atoms with E-state index in [1.807, 2.05) is 35.7 Å². The third kappa shape index (κ3) is 2.55. The molecule has 1 aromatic carbocycles. The Kier molecular flexibility index (Phi) is 3.46. The van der Waals surface area contributed by atoms with E-state index in [0.717, 1.165) is 15.4 Å². The molecule has 0 saturated heterocycles. The van der Waals surface area contributed by atoms with Crippen LogP contribution in [0.2, 0.25) is 5.02 Å². The standard InChI is InChI=1S/C14H12ClN3OS/c1-9-7-18-8-12(17-14(18)20-9)13(19)16-6-10-4-2-3-5-11(10)15/h2-5,7-8H,6H2,1H3,(H,16,19). The molecule has 0 radical (unpaired) electrons. The molecule has 0 unspecified atom stereocenters. The summed E-state index contributed by atoms with van der Waals surface area (Å²) in [7, 11) is 0. The first-order valence-corrected chi connectivity index (χ1v) is 7.29. The Bertz CT molecular complexity index is 746. The van der Waals surface area contributed by atoms with E-state index in [1.165, 1.54) is 0 Å². The molecule has 20 heavy (non-hydrogen) atoms. The molecule has 0 saturated carbocycles. The number of carbonyl (C=O) groups is 1. The van der Waals surface area contributed by atoms with E-state index in [-0.39, 0.29) is 5.91 Å². The first-order chi connectivity index (χ1) is 9.63. The zero-order chi connectivity index (χ0) is 14.1. The highest BCUT2D eigenvalue weighted by molar-refractivity contribution is 7.17. The molecule has 0 aliphatic carbocycles. The number of aromatic nitrogens is 2. The van der Waals surface area contributed by atoms with Gasteiger partial charge in [-0.3, -0.25) is 9.20 Å². The van der Waals surface area contributed by atoms with Crippen molar-refractivity contribution < 1.29 is 4.79 Å². The second-order valence-electron chi connectivity index (χ2n) is 4.43. The van der Waals surface area contributed by atoms with Gasteiger partial charge >= 0.3 is 0 Å². The third-order valence-corrected chi connectivity index (χ3v) is 4.18. The highest BCUT2D eigenvalue weighted by atomic mass is 35.5. The number of rotatable bonds is 3. The summed E-state index contributed by atoms with van der Waals surface area (Å²) in [4.78, 5) is 18.3. The highest BCUT2D eigenvalue weighted by Crippen LogP contribution is 2.17. The largest absolute Gasteiger partial charge is 0.347 e. The summed E-state index contributed by atoms with van der Waals surface area (Å²) in [5, 5.41) is 3.47. The van der Waals surface area contributed by atoms with Crippen LogP contribution >= 0.6 is 22.9 Å². The smallest absolute Gasteiger partial charge is 0.271 e. The molecular weight excluding hydrogens is 294 g/mol. The van der Waals surface area contributed by atoms with Crippen LogP contribution in [-0.4, -0.2) is 15.3 Å². The molecule has 0 spiro atoms. The minimum absolute atomic E-state index is 0.196. The topological polar surface area (TPSA) is 46.4 Å². The summed E-state index contributed by atoms with van der Waals surface area (Å²) in [5.74, 6) is -0.196. The van der Waals surface area contributed by atoms with Crippen molar-refractivity contribution >= 4 is 33.8 Å². The minimum atomic E-state index is -0.196. The number of carbonyl (C=O) groups excluding carboxylic acids is 1. The lowest BCUT2D eigenvalue weighted by atomic mass is 10.2. The first kappa shape index (κ1) is 13.1. The highest BCUT2D eigenvalue weighted by Gasteiger charge is 2.12. The van der Waals surface area contributed by atoms with Crippen molar-refractivity contribution in [1.29, 1.82) is 0 Å². The van der Waals surface area contributed by atoms with Gasteiger partial charge in [-0.15, -0.1) is 11.3 Å². The van der Waals surface area contributed by atoms with Crippen LogP contribution in [0, 0.1) is 6.92 Å². The van der Waals surface area contributed by atoms with Gasteiger partial charge in [0.15, 0.2) is 4.96 Å². The number of benzene rings is 1. The van der Waals surface area contributed by atoms with Gasteiger partial charge in [0.1, 0.15) is 5.69 Å². The molecule has 0 atom stereocenters. The molecule has 4 nitrogen and oxygen atoms in total. The van der Waals surface area contributed by atoms with Gasteiger partial charge in [-0.2, -0.15) is 0 Å². The molecule has 6 heteroatoms. The van der Waals surface area contributed by atoms with Gasteiger partial charge < -0.3 is 5.32 Å². The number of halogens is 1. The molecule has 1 amide bonds. The van der Waals surface area contributed by atoms with Crippen LogP contribution in [0.25, 0.3) is 4.96 Å². The average Bonchev–Trinajstić information content (AvgIpc) is 2.94. The summed E-state index contributed by atoms with van der Waals surface area (Å²) >= 11 is 7.61. The van der Waals surface area contributed by atoms with E-state index in [0.29, 0.717) is 17.3 Å². The Hall–Kier alpha value is -1.85. The van der Waals surface area contributed by atoms with E-state index in [9.17, 15) is 4.79 Å². The Morgan fingerprint density at radius 2 is 2.20 bits per heavy atom. The predicted octanol–water partition coefficient (Wildman–Crippen LogP) is 3.29. The third-order valence-electron chi connectivity index (χ3n) is 2.90. The number of thiazole rings is 1.